The smallest absolute Gasteiger partial charge is 0.275 e. The molecule has 0 saturated carbocycles. The van der Waals surface area contributed by atoms with E-state index in [0.717, 1.165) is 32.7 Å². The lowest BCUT2D eigenvalue weighted by Gasteiger charge is -2.33. The molecule has 0 radical (unpaired) electrons. The molecule has 1 aliphatic heterocycles. The topological polar surface area (TPSA) is 52.8 Å². The molecule has 6 nitrogen and oxygen atoms in total. The van der Waals surface area contributed by atoms with Gasteiger partial charge in [-0.15, -0.1) is 0 Å². The molecule has 138 valence electrons. The Morgan fingerprint density at radius 1 is 1.15 bits per heavy atom. The molecule has 0 N–H and O–H groups in total. The number of amides is 1. The van der Waals surface area contributed by atoms with E-state index < -0.39 is 0 Å². The van der Waals surface area contributed by atoms with Crippen LogP contribution in [-0.4, -0.2) is 72.4 Å². The Kier molecular flexibility index (Phi) is 6.20. The standard InChI is InChI=1S/C20H26N4O2/c1-22(2)20(25)18-16-26-19(21-18)15-24-13-11-23(12-14-24)10-6-9-17-7-4-3-5-8-17/h3-9,16H,10-15H2,1-2H3/b9-6+. The number of carbonyl (C=O) groups is 1. The molecular formula is C20H26N4O2. The summed E-state index contributed by atoms with van der Waals surface area (Å²) in [5, 5.41) is 0. The highest BCUT2D eigenvalue weighted by Crippen LogP contribution is 2.10. The molecule has 1 fully saturated rings. The van der Waals surface area contributed by atoms with Crippen molar-refractivity contribution < 1.29 is 9.21 Å². The quantitative estimate of drug-likeness (QED) is 0.796. The number of aromatic nitrogens is 1. The van der Waals surface area contributed by atoms with Gasteiger partial charge in [-0.2, -0.15) is 0 Å². The molecule has 2 heterocycles. The predicted molar refractivity (Wildman–Crippen MR) is 102 cm³/mol. The molecule has 1 amide bonds. The van der Waals surface area contributed by atoms with Crippen molar-refractivity contribution in [2.45, 2.75) is 6.54 Å². The Bertz CT molecular complexity index is 731. The van der Waals surface area contributed by atoms with E-state index >= 15 is 0 Å². The van der Waals surface area contributed by atoms with Crippen LogP contribution in [0.15, 0.2) is 47.1 Å². The molecule has 0 aliphatic carbocycles. The third kappa shape index (κ3) is 5.03. The summed E-state index contributed by atoms with van der Waals surface area (Å²) in [5.41, 5.74) is 1.60. The number of oxazole rings is 1. The molecule has 1 aromatic heterocycles. The molecule has 3 rings (SSSR count). The lowest BCUT2D eigenvalue weighted by molar-refractivity contribution is 0.0821. The first-order chi connectivity index (χ1) is 12.6. The van der Waals surface area contributed by atoms with Gasteiger partial charge in [0.25, 0.3) is 5.91 Å². The minimum absolute atomic E-state index is 0.130. The second kappa shape index (κ2) is 8.78. The van der Waals surface area contributed by atoms with Crippen molar-refractivity contribution in [2.75, 3.05) is 46.8 Å². The van der Waals surface area contributed by atoms with E-state index in [0.29, 0.717) is 18.1 Å². The van der Waals surface area contributed by atoms with Crippen LogP contribution in [0.3, 0.4) is 0 Å². The van der Waals surface area contributed by atoms with Crippen LogP contribution in [0.5, 0.6) is 0 Å². The van der Waals surface area contributed by atoms with Crippen LogP contribution in [0.2, 0.25) is 0 Å². The van der Waals surface area contributed by atoms with Crippen LogP contribution < -0.4 is 0 Å². The van der Waals surface area contributed by atoms with E-state index in [-0.39, 0.29) is 5.91 Å². The fourth-order valence-corrected chi connectivity index (χ4v) is 2.93. The van der Waals surface area contributed by atoms with Gasteiger partial charge < -0.3 is 9.32 Å². The highest BCUT2D eigenvalue weighted by atomic mass is 16.3. The summed E-state index contributed by atoms with van der Waals surface area (Å²) < 4.78 is 5.45. The highest BCUT2D eigenvalue weighted by Gasteiger charge is 2.19. The van der Waals surface area contributed by atoms with Crippen LogP contribution in [0.4, 0.5) is 0 Å². The minimum atomic E-state index is -0.130. The van der Waals surface area contributed by atoms with Crippen molar-refractivity contribution in [1.29, 1.82) is 0 Å². The van der Waals surface area contributed by atoms with Gasteiger partial charge in [0, 0.05) is 46.8 Å². The Morgan fingerprint density at radius 2 is 1.85 bits per heavy atom. The molecule has 1 saturated heterocycles. The Labute approximate surface area is 154 Å². The summed E-state index contributed by atoms with van der Waals surface area (Å²) in [6.45, 7) is 5.58. The van der Waals surface area contributed by atoms with E-state index in [2.05, 4.69) is 51.2 Å². The Balaban J connectivity index is 1.42. The van der Waals surface area contributed by atoms with Gasteiger partial charge in [0.15, 0.2) is 5.69 Å². The average molecular weight is 354 g/mol. The number of benzene rings is 1. The minimum Gasteiger partial charge on any atom is -0.447 e. The first-order valence-corrected chi connectivity index (χ1v) is 8.94. The van der Waals surface area contributed by atoms with Crippen molar-refractivity contribution >= 4 is 12.0 Å². The zero-order valence-electron chi connectivity index (χ0n) is 15.5. The van der Waals surface area contributed by atoms with E-state index in [4.69, 9.17) is 4.42 Å². The van der Waals surface area contributed by atoms with Crippen LogP contribution in [0, 0.1) is 0 Å². The normalized spacial score (nSPS) is 16.2. The summed E-state index contributed by atoms with van der Waals surface area (Å²) in [6, 6.07) is 10.4. The number of nitrogens with zero attached hydrogens (tertiary/aromatic N) is 4. The summed E-state index contributed by atoms with van der Waals surface area (Å²) in [5.74, 6) is 0.475. The van der Waals surface area contributed by atoms with Gasteiger partial charge in [-0.25, -0.2) is 4.98 Å². The maximum absolute atomic E-state index is 11.9. The van der Waals surface area contributed by atoms with Crippen LogP contribution >= 0.6 is 0 Å². The number of rotatable bonds is 6. The Hall–Kier alpha value is -2.44. The number of carbonyl (C=O) groups excluding carboxylic acids is 1. The van der Waals surface area contributed by atoms with Crippen molar-refractivity contribution in [3.8, 4) is 0 Å². The van der Waals surface area contributed by atoms with Gasteiger partial charge in [-0.1, -0.05) is 42.5 Å². The summed E-state index contributed by atoms with van der Waals surface area (Å²) in [7, 11) is 3.42. The average Bonchev–Trinajstić information content (AvgIpc) is 3.12. The van der Waals surface area contributed by atoms with Gasteiger partial charge in [0.1, 0.15) is 6.26 Å². The Morgan fingerprint density at radius 3 is 2.54 bits per heavy atom. The van der Waals surface area contributed by atoms with Gasteiger partial charge in [0.05, 0.1) is 6.54 Å². The van der Waals surface area contributed by atoms with Crippen molar-refractivity contribution in [3.05, 3.63) is 59.8 Å². The van der Waals surface area contributed by atoms with Gasteiger partial charge in [-0.05, 0) is 5.56 Å². The highest BCUT2D eigenvalue weighted by molar-refractivity contribution is 5.91. The lowest BCUT2D eigenvalue weighted by atomic mass is 10.2. The van der Waals surface area contributed by atoms with Gasteiger partial charge in [-0.3, -0.25) is 14.6 Å². The molecular weight excluding hydrogens is 328 g/mol. The van der Waals surface area contributed by atoms with Crippen molar-refractivity contribution in [1.82, 2.24) is 19.7 Å². The monoisotopic (exact) mass is 354 g/mol. The third-order valence-corrected chi connectivity index (χ3v) is 4.47. The van der Waals surface area contributed by atoms with Gasteiger partial charge in [0.2, 0.25) is 5.89 Å². The van der Waals surface area contributed by atoms with E-state index in [9.17, 15) is 4.79 Å². The van der Waals surface area contributed by atoms with Crippen LogP contribution in [0.25, 0.3) is 6.08 Å². The van der Waals surface area contributed by atoms with E-state index in [1.54, 1.807) is 14.1 Å². The first kappa shape index (κ1) is 18.4. The van der Waals surface area contributed by atoms with Crippen LogP contribution in [0.1, 0.15) is 21.9 Å². The number of piperazine rings is 1. The molecule has 6 heteroatoms. The zero-order valence-corrected chi connectivity index (χ0v) is 15.5. The molecule has 0 atom stereocenters. The maximum Gasteiger partial charge on any atom is 0.275 e. The zero-order chi connectivity index (χ0) is 18.4. The number of hydrogen-bond acceptors (Lipinski definition) is 5. The van der Waals surface area contributed by atoms with E-state index in [1.165, 1.54) is 16.7 Å². The van der Waals surface area contributed by atoms with E-state index in [1.807, 2.05) is 6.07 Å². The second-order valence-corrected chi connectivity index (χ2v) is 6.72. The lowest BCUT2D eigenvalue weighted by Crippen LogP contribution is -2.45. The number of hydrogen-bond donors (Lipinski definition) is 0. The molecule has 26 heavy (non-hydrogen) atoms. The summed E-state index contributed by atoms with van der Waals surface area (Å²) >= 11 is 0. The van der Waals surface area contributed by atoms with Gasteiger partial charge >= 0.3 is 0 Å². The van der Waals surface area contributed by atoms with Crippen molar-refractivity contribution in [3.63, 3.8) is 0 Å². The molecule has 0 spiro atoms. The summed E-state index contributed by atoms with van der Waals surface area (Å²) in [4.78, 5) is 22.4. The van der Waals surface area contributed by atoms with Crippen LogP contribution in [-0.2, 0) is 6.54 Å². The maximum atomic E-state index is 11.9. The fourth-order valence-electron chi connectivity index (χ4n) is 2.93. The molecule has 0 unspecified atom stereocenters. The first-order valence-electron chi connectivity index (χ1n) is 8.94. The fraction of sp³-hybridized carbons (Fsp3) is 0.400. The second-order valence-electron chi connectivity index (χ2n) is 6.72. The largest absolute Gasteiger partial charge is 0.447 e. The molecule has 1 aliphatic rings. The summed E-state index contributed by atoms with van der Waals surface area (Å²) in [6.07, 6.45) is 5.84. The SMILES string of the molecule is CN(C)C(=O)c1coc(CN2CCN(C/C=C/c3ccccc3)CC2)n1. The predicted octanol–water partition coefficient (Wildman–Crippen LogP) is 2.21. The third-order valence-electron chi connectivity index (χ3n) is 4.47. The molecule has 2 aromatic rings. The molecule has 1 aromatic carbocycles. The molecule has 0 bridgehead atoms. The van der Waals surface area contributed by atoms with Crippen molar-refractivity contribution in [2.24, 2.45) is 0 Å².